The van der Waals surface area contributed by atoms with E-state index in [-0.39, 0.29) is 10.8 Å². The molecule has 0 saturated heterocycles. The maximum Gasteiger partial charge on any atom is 0.0714 e. The molecule has 0 amide bonds. The van der Waals surface area contributed by atoms with Gasteiger partial charge in [0.05, 0.1) is 11.1 Å². The second-order valence-corrected chi connectivity index (χ2v) is 20.0. The first-order valence-corrected chi connectivity index (χ1v) is 24.1. The fourth-order valence-electron chi connectivity index (χ4n) is 12.6. The zero-order chi connectivity index (χ0) is 45.8. The molecule has 0 aromatic heterocycles. The molecule has 0 fully saturated rings. The Morgan fingerprint density at radius 2 is 0.765 bits per heavy atom. The summed E-state index contributed by atoms with van der Waals surface area (Å²) in [6.07, 6.45) is 0. The molecule has 0 atom stereocenters. The third-order valence-electron chi connectivity index (χ3n) is 15.8. The van der Waals surface area contributed by atoms with Crippen molar-refractivity contribution in [1.82, 2.24) is 0 Å². The molecule has 0 bridgehead atoms. The summed E-state index contributed by atoms with van der Waals surface area (Å²) < 4.78 is 0. The first kappa shape index (κ1) is 40.3. The van der Waals surface area contributed by atoms with Crippen LogP contribution in [0.4, 0.5) is 17.1 Å². The van der Waals surface area contributed by atoms with Crippen LogP contribution >= 0.6 is 0 Å². The van der Waals surface area contributed by atoms with Gasteiger partial charge in [-0.2, -0.15) is 0 Å². The van der Waals surface area contributed by atoms with Crippen LogP contribution in [0.25, 0.3) is 55.6 Å². The van der Waals surface area contributed by atoms with E-state index in [4.69, 9.17) is 0 Å². The van der Waals surface area contributed by atoms with Gasteiger partial charge >= 0.3 is 0 Å². The molecule has 68 heavy (non-hydrogen) atoms. The first-order chi connectivity index (χ1) is 33.3. The molecule has 0 N–H and O–H groups in total. The predicted octanol–water partition coefficient (Wildman–Crippen LogP) is 17.5. The molecule has 10 aromatic rings. The molecule has 13 rings (SSSR count). The SMILES string of the molecule is CC1(C)c2ccccc2-c2cc(-c3cccc(N(c4ccc5c(c4)C(c4ccccc4)(c4ccccc4)c4ccccc4-5)c4ccccc4-c4cccc5c4-c4ccccc4C5(C)C)c3)ccc21. The van der Waals surface area contributed by atoms with E-state index < -0.39 is 5.41 Å². The van der Waals surface area contributed by atoms with Gasteiger partial charge < -0.3 is 4.90 Å². The number of anilines is 3. The van der Waals surface area contributed by atoms with Crippen LogP contribution in [0, 0.1) is 0 Å². The van der Waals surface area contributed by atoms with E-state index in [9.17, 15) is 0 Å². The molecule has 324 valence electrons. The van der Waals surface area contributed by atoms with E-state index in [1.807, 2.05) is 0 Å². The van der Waals surface area contributed by atoms with Crippen LogP contribution in [-0.2, 0) is 16.2 Å². The van der Waals surface area contributed by atoms with Gasteiger partial charge in [0.2, 0.25) is 0 Å². The van der Waals surface area contributed by atoms with Crippen LogP contribution in [-0.4, -0.2) is 0 Å². The minimum Gasteiger partial charge on any atom is -0.310 e. The zero-order valence-electron chi connectivity index (χ0n) is 39.0. The smallest absolute Gasteiger partial charge is 0.0714 e. The van der Waals surface area contributed by atoms with E-state index in [2.05, 4.69) is 269 Å². The highest BCUT2D eigenvalue weighted by atomic mass is 15.1. The molecule has 1 heteroatoms. The van der Waals surface area contributed by atoms with Gasteiger partial charge in [-0.25, -0.2) is 0 Å². The molecule has 0 heterocycles. The quantitative estimate of drug-likeness (QED) is 0.154. The fourth-order valence-corrected chi connectivity index (χ4v) is 12.6. The third kappa shape index (κ3) is 5.69. The second-order valence-electron chi connectivity index (χ2n) is 20.0. The number of para-hydroxylation sites is 1. The molecule has 0 unspecified atom stereocenters. The van der Waals surface area contributed by atoms with Gasteiger partial charge in [0.25, 0.3) is 0 Å². The number of hydrogen-bond donors (Lipinski definition) is 0. The molecular formula is C67H51N. The van der Waals surface area contributed by atoms with Crippen molar-refractivity contribution in [3.8, 4) is 55.6 Å². The van der Waals surface area contributed by atoms with E-state index in [0.29, 0.717) is 0 Å². The van der Waals surface area contributed by atoms with Gasteiger partial charge in [0.1, 0.15) is 0 Å². The Balaban J connectivity index is 1.06. The lowest BCUT2D eigenvalue weighted by Crippen LogP contribution is -2.28. The summed E-state index contributed by atoms with van der Waals surface area (Å²) in [6, 6.07) is 88.8. The van der Waals surface area contributed by atoms with Crippen LogP contribution in [0.15, 0.2) is 237 Å². The van der Waals surface area contributed by atoms with Crippen LogP contribution in [0.5, 0.6) is 0 Å². The molecule has 0 radical (unpaired) electrons. The molecule has 1 nitrogen and oxygen atoms in total. The molecule has 10 aromatic carbocycles. The van der Waals surface area contributed by atoms with Crippen molar-refractivity contribution in [2.75, 3.05) is 4.90 Å². The monoisotopic (exact) mass is 869 g/mol. The van der Waals surface area contributed by atoms with Crippen molar-refractivity contribution in [3.63, 3.8) is 0 Å². The van der Waals surface area contributed by atoms with Gasteiger partial charge in [0, 0.05) is 27.8 Å². The Labute approximate surface area is 400 Å². The summed E-state index contributed by atoms with van der Waals surface area (Å²) >= 11 is 0. The van der Waals surface area contributed by atoms with Crippen molar-refractivity contribution in [1.29, 1.82) is 0 Å². The third-order valence-corrected chi connectivity index (χ3v) is 15.8. The number of rotatable bonds is 7. The Kier molecular flexibility index (Phi) is 8.89. The maximum atomic E-state index is 2.53. The highest BCUT2D eigenvalue weighted by Crippen LogP contribution is 2.59. The number of benzene rings is 10. The van der Waals surface area contributed by atoms with Gasteiger partial charge in [0.15, 0.2) is 0 Å². The van der Waals surface area contributed by atoms with E-state index in [1.54, 1.807) is 0 Å². The first-order valence-electron chi connectivity index (χ1n) is 24.1. The number of fused-ring (bicyclic) bond motifs is 9. The Bertz CT molecular complexity index is 3590. The normalized spacial score (nSPS) is 14.8. The lowest BCUT2D eigenvalue weighted by Gasteiger charge is -2.35. The van der Waals surface area contributed by atoms with Crippen LogP contribution in [0.2, 0.25) is 0 Å². The van der Waals surface area contributed by atoms with Gasteiger partial charge in [-0.05, 0) is 131 Å². The summed E-state index contributed by atoms with van der Waals surface area (Å²) in [4.78, 5) is 2.53. The van der Waals surface area contributed by atoms with E-state index >= 15 is 0 Å². The summed E-state index contributed by atoms with van der Waals surface area (Å²) in [6.45, 7) is 9.46. The Morgan fingerprint density at radius 1 is 0.279 bits per heavy atom. The number of nitrogens with zero attached hydrogens (tertiary/aromatic N) is 1. The lowest BCUT2D eigenvalue weighted by molar-refractivity contribution is 0.660. The van der Waals surface area contributed by atoms with Crippen molar-refractivity contribution < 1.29 is 0 Å². The van der Waals surface area contributed by atoms with E-state index in [0.717, 1.165) is 17.1 Å². The standard InChI is InChI=1S/C67H51N/c1-65(2)57-32-15-11-28-51(57)56-42-45(37-40-59(56)65)44-21-19-26-48(41-44)68(63-36-18-14-29-53(63)54-31-20-35-61-64(54)55-30-13-16-33-58(55)66(61,3)4)49-38-39-52-50-27-12-17-34-60(50)67(62(52)43-49,46-22-7-5-8-23-46)47-24-9-6-10-25-47/h5-43H,1-4H3. The number of hydrogen-bond acceptors (Lipinski definition) is 1. The van der Waals surface area contributed by atoms with Crippen molar-refractivity contribution in [3.05, 3.63) is 281 Å². The highest BCUT2D eigenvalue weighted by Gasteiger charge is 2.46. The average molecular weight is 870 g/mol. The fraction of sp³-hybridized carbons (Fsp3) is 0.104. The maximum absolute atomic E-state index is 2.53. The average Bonchev–Trinajstić information content (AvgIpc) is 3.92. The summed E-state index contributed by atoms with van der Waals surface area (Å²) in [5.41, 5.74) is 25.9. The Morgan fingerprint density at radius 3 is 1.49 bits per heavy atom. The minimum atomic E-state index is -0.540. The van der Waals surface area contributed by atoms with Crippen LogP contribution in [0.3, 0.4) is 0 Å². The van der Waals surface area contributed by atoms with Crippen LogP contribution in [0.1, 0.15) is 72.2 Å². The molecule has 0 spiro atoms. The predicted molar refractivity (Wildman–Crippen MR) is 284 cm³/mol. The van der Waals surface area contributed by atoms with E-state index in [1.165, 1.54) is 100 Å². The zero-order valence-corrected chi connectivity index (χ0v) is 39.0. The largest absolute Gasteiger partial charge is 0.310 e. The molecular weight excluding hydrogens is 819 g/mol. The summed E-state index contributed by atoms with van der Waals surface area (Å²) in [5.74, 6) is 0. The minimum absolute atomic E-state index is 0.0535. The van der Waals surface area contributed by atoms with Gasteiger partial charge in [-0.3, -0.25) is 0 Å². The Hall–Kier alpha value is -8.00. The second kappa shape index (κ2) is 15.0. The summed E-state index contributed by atoms with van der Waals surface area (Å²) in [7, 11) is 0. The lowest BCUT2D eigenvalue weighted by atomic mass is 9.67. The molecule has 0 saturated carbocycles. The van der Waals surface area contributed by atoms with Crippen molar-refractivity contribution >= 4 is 17.1 Å². The highest BCUT2D eigenvalue weighted by molar-refractivity contribution is 5.99. The van der Waals surface area contributed by atoms with Crippen molar-refractivity contribution in [2.45, 2.75) is 43.9 Å². The van der Waals surface area contributed by atoms with Crippen LogP contribution < -0.4 is 4.90 Å². The molecule has 0 aliphatic heterocycles. The molecule has 3 aliphatic rings. The molecule has 3 aliphatic carbocycles. The van der Waals surface area contributed by atoms with Gasteiger partial charge in [-0.1, -0.05) is 228 Å². The van der Waals surface area contributed by atoms with Crippen molar-refractivity contribution in [2.24, 2.45) is 0 Å². The van der Waals surface area contributed by atoms with Gasteiger partial charge in [-0.15, -0.1) is 0 Å². The summed E-state index contributed by atoms with van der Waals surface area (Å²) in [5, 5.41) is 0. The topological polar surface area (TPSA) is 3.24 Å².